The number of nitrogens with one attached hydrogen (secondary N) is 1. The SMILES string of the molecule is O=S(=O)(CCc1ccccc1F)NCC1CCCC1. The molecule has 0 heterocycles. The Bertz CT molecular complexity index is 510. The molecule has 0 unspecified atom stereocenters. The van der Waals surface area contributed by atoms with E-state index in [1.54, 1.807) is 18.2 Å². The van der Waals surface area contributed by atoms with Crippen molar-refractivity contribution in [3.8, 4) is 0 Å². The highest BCUT2D eigenvalue weighted by Crippen LogP contribution is 2.23. The Morgan fingerprint density at radius 3 is 2.58 bits per heavy atom. The number of rotatable bonds is 6. The Balaban J connectivity index is 1.82. The zero-order chi connectivity index (χ0) is 13.7. The molecule has 1 aromatic rings. The molecule has 1 N–H and O–H groups in total. The van der Waals surface area contributed by atoms with E-state index in [1.165, 1.54) is 18.9 Å². The molecular weight excluding hydrogens is 265 g/mol. The second-order valence-corrected chi connectivity index (χ2v) is 7.09. The van der Waals surface area contributed by atoms with Crippen molar-refractivity contribution < 1.29 is 12.8 Å². The van der Waals surface area contributed by atoms with E-state index in [1.807, 2.05) is 0 Å². The first-order valence-corrected chi connectivity index (χ1v) is 8.43. The van der Waals surface area contributed by atoms with Crippen molar-refractivity contribution in [1.29, 1.82) is 0 Å². The number of sulfonamides is 1. The summed E-state index contributed by atoms with van der Waals surface area (Å²) in [4.78, 5) is 0. The van der Waals surface area contributed by atoms with Crippen molar-refractivity contribution in [2.45, 2.75) is 32.1 Å². The maximum absolute atomic E-state index is 13.4. The Morgan fingerprint density at radius 2 is 1.89 bits per heavy atom. The lowest BCUT2D eigenvalue weighted by Crippen LogP contribution is -2.31. The van der Waals surface area contributed by atoms with Gasteiger partial charge in [-0.15, -0.1) is 0 Å². The van der Waals surface area contributed by atoms with Gasteiger partial charge in [-0.2, -0.15) is 0 Å². The van der Waals surface area contributed by atoms with Crippen LogP contribution in [0.25, 0.3) is 0 Å². The fourth-order valence-corrected chi connectivity index (χ4v) is 3.60. The molecule has 1 aliphatic carbocycles. The summed E-state index contributed by atoms with van der Waals surface area (Å²) >= 11 is 0. The van der Waals surface area contributed by atoms with E-state index in [2.05, 4.69) is 4.72 Å². The van der Waals surface area contributed by atoms with Gasteiger partial charge in [0.1, 0.15) is 5.82 Å². The predicted octanol–water partition coefficient (Wildman–Crippen LogP) is 2.48. The van der Waals surface area contributed by atoms with E-state index in [-0.39, 0.29) is 18.0 Å². The molecule has 106 valence electrons. The van der Waals surface area contributed by atoms with Crippen molar-refractivity contribution >= 4 is 10.0 Å². The molecule has 0 amide bonds. The van der Waals surface area contributed by atoms with Gasteiger partial charge in [-0.25, -0.2) is 17.5 Å². The third-order valence-electron chi connectivity index (χ3n) is 3.66. The minimum Gasteiger partial charge on any atom is -0.215 e. The molecule has 0 atom stereocenters. The normalized spacial score (nSPS) is 16.9. The van der Waals surface area contributed by atoms with Gasteiger partial charge in [0.25, 0.3) is 0 Å². The van der Waals surface area contributed by atoms with Crippen LogP contribution in [0.5, 0.6) is 0 Å². The molecule has 1 saturated carbocycles. The predicted molar refractivity (Wildman–Crippen MR) is 73.9 cm³/mol. The molecule has 0 bridgehead atoms. The number of halogens is 1. The first-order valence-electron chi connectivity index (χ1n) is 6.77. The van der Waals surface area contributed by atoms with Crippen molar-refractivity contribution in [2.75, 3.05) is 12.3 Å². The van der Waals surface area contributed by atoms with Gasteiger partial charge in [-0.1, -0.05) is 31.0 Å². The maximum Gasteiger partial charge on any atom is 0.211 e. The zero-order valence-electron chi connectivity index (χ0n) is 10.9. The van der Waals surface area contributed by atoms with Crippen molar-refractivity contribution in [3.05, 3.63) is 35.6 Å². The lowest BCUT2D eigenvalue weighted by molar-refractivity contribution is 0.519. The van der Waals surface area contributed by atoms with Crippen LogP contribution in [0.2, 0.25) is 0 Å². The van der Waals surface area contributed by atoms with Gasteiger partial charge in [0.05, 0.1) is 5.75 Å². The summed E-state index contributed by atoms with van der Waals surface area (Å²) in [6, 6.07) is 6.30. The summed E-state index contributed by atoms with van der Waals surface area (Å²) in [5, 5.41) is 0. The van der Waals surface area contributed by atoms with Gasteiger partial charge < -0.3 is 0 Å². The van der Waals surface area contributed by atoms with Gasteiger partial charge in [-0.3, -0.25) is 0 Å². The lowest BCUT2D eigenvalue weighted by Gasteiger charge is -2.11. The van der Waals surface area contributed by atoms with Crippen LogP contribution in [-0.2, 0) is 16.4 Å². The summed E-state index contributed by atoms with van der Waals surface area (Å²) in [7, 11) is -3.30. The lowest BCUT2D eigenvalue weighted by atomic mass is 10.1. The van der Waals surface area contributed by atoms with Crippen LogP contribution in [0.15, 0.2) is 24.3 Å². The van der Waals surface area contributed by atoms with Gasteiger partial charge in [0.15, 0.2) is 0 Å². The quantitative estimate of drug-likeness (QED) is 0.873. The van der Waals surface area contributed by atoms with E-state index in [9.17, 15) is 12.8 Å². The van der Waals surface area contributed by atoms with Gasteiger partial charge in [0.2, 0.25) is 10.0 Å². The molecule has 0 aliphatic heterocycles. The van der Waals surface area contributed by atoms with Crippen molar-refractivity contribution in [2.24, 2.45) is 5.92 Å². The molecule has 1 fully saturated rings. The standard InChI is InChI=1S/C14H20FNO2S/c15-14-8-4-3-7-13(14)9-10-19(17,18)16-11-12-5-1-2-6-12/h3-4,7-8,12,16H,1-2,5-6,9-11H2. The van der Waals surface area contributed by atoms with E-state index in [0.717, 1.165) is 12.8 Å². The average Bonchev–Trinajstić information content (AvgIpc) is 2.89. The third kappa shape index (κ3) is 4.58. The Kier molecular flexibility index (Phi) is 4.93. The van der Waals surface area contributed by atoms with E-state index >= 15 is 0 Å². The Morgan fingerprint density at radius 1 is 1.21 bits per heavy atom. The summed E-state index contributed by atoms with van der Waals surface area (Å²) in [5.74, 6) is 0.0810. The number of aryl methyl sites for hydroxylation is 1. The van der Waals surface area contributed by atoms with Crippen LogP contribution in [0, 0.1) is 11.7 Å². The van der Waals surface area contributed by atoms with E-state index in [4.69, 9.17) is 0 Å². The second kappa shape index (κ2) is 6.48. The molecule has 19 heavy (non-hydrogen) atoms. The molecule has 5 heteroatoms. The van der Waals surface area contributed by atoms with Gasteiger partial charge >= 0.3 is 0 Å². The summed E-state index contributed by atoms with van der Waals surface area (Å²) in [5.41, 5.74) is 0.453. The topological polar surface area (TPSA) is 46.2 Å². The smallest absolute Gasteiger partial charge is 0.211 e. The Hall–Kier alpha value is -0.940. The van der Waals surface area contributed by atoms with E-state index in [0.29, 0.717) is 18.0 Å². The summed E-state index contributed by atoms with van der Waals surface area (Å²) in [6.07, 6.45) is 4.82. The fourth-order valence-electron chi connectivity index (χ4n) is 2.48. The van der Waals surface area contributed by atoms with Crippen LogP contribution in [0.4, 0.5) is 4.39 Å². The first kappa shape index (κ1) is 14.5. The van der Waals surface area contributed by atoms with Crippen LogP contribution >= 0.6 is 0 Å². The van der Waals surface area contributed by atoms with Crippen molar-refractivity contribution in [3.63, 3.8) is 0 Å². The zero-order valence-corrected chi connectivity index (χ0v) is 11.8. The second-order valence-electron chi connectivity index (χ2n) is 5.16. The van der Waals surface area contributed by atoms with Crippen LogP contribution in [0.3, 0.4) is 0 Å². The number of hydrogen-bond donors (Lipinski definition) is 1. The van der Waals surface area contributed by atoms with Gasteiger partial charge in [0, 0.05) is 6.54 Å². The molecule has 2 rings (SSSR count). The highest BCUT2D eigenvalue weighted by Gasteiger charge is 2.18. The molecule has 1 aliphatic rings. The van der Waals surface area contributed by atoms with Gasteiger partial charge in [-0.05, 0) is 36.8 Å². The van der Waals surface area contributed by atoms with Crippen LogP contribution in [-0.4, -0.2) is 20.7 Å². The maximum atomic E-state index is 13.4. The van der Waals surface area contributed by atoms with E-state index < -0.39 is 10.0 Å². The van der Waals surface area contributed by atoms with Crippen LogP contribution < -0.4 is 4.72 Å². The molecule has 0 radical (unpaired) electrons. The molecular formula is C14H20FNO2S. The van der Waals surface area contributed by atoms with Crippen LogP contribution in [0.1, 0.15) is 31.2 Å². The molecule has 0 saturated heterocycles. The minimum atomic E-state index is -3.30. The monoisotopic (exact) mass is 285 g/mol. The summed E-state index contributed by atoms with van der Waals surface area (Å²) < 4.78 is 39.7. The fraction of sp³-hybridized carbons (Fsp3) is 0.571. The van der Waals surface area contributed by atoms with Crippen molar-refractivity contribution in [1.82, 2.24) is 4.72 Å². The average molecular weight is 285 g/mol. The minimum absolute atomic E-state index is 0.0549. The number of benzene rings is 1. The largest absolute Gasteiger partial charge is 0.215 e. The molecule has 0 spiro atoms. The summed E-state index contributed by atoms with van der Waals surface area (Å²) in [6.45, 7) is 0.527. The Labute approximate surface area is 114 Å². The first-order chi connectivity index (χ1) is 9.07. The highest BCUT2D eigenvalue weighted by molar-refractivity contribution is 7.89. The molecule has 1 aromatic carbocycles. The number of hydrogen-bond acceptors (Lipinski definition) is 2. The molecule has 0 aromatic heterocycles. The molecule has 3 nitrogen and oxygen atoms in total. The highest BCUT2D eigenvalue weighted by atomic mass is 32.2. The third-order valence-corrected chi connectivity index (χ3v) is 5.01.